The Kier molecular flexibility index (Phi) is 3.77. The first kappa shape index (κ1) is 15.4. The third-order valence-corrected chi connectivity index (χ3v) is 3.54. The molecule has 0 aliphatic rings. The van der Waals surface area contributed by atoms with Crippen molar-refractivity contribution in [3.05, 3.63) is 65.4 Å². The third-order valence-electron chi connectivity index (χ3n) is 3.31. The number of halogens is 4. The molecule has 1 N–H and O–H groups in total. The van der Waals surface area contributed by atoms with Crippen LogP contribution in [-0.4, -0.2) is 14.7 Å². The highest BCUT2D eigenvalue weighted by molar-refractivity contribution is 6.30. The highest BCUT2D eigenvalue weighted by Gasteiger charge is 2.30. The summed E-state index contributed by atoms with van der Waals surface area (Å²) in [5, 5.41) is 10.4. The predicted octanol–water partition coefficient (Wildman–Crippen LogP) is 4.92. The molecular weight excluding hydrogens is 329 g/mol. The maximum atomic E-state index is 12.6. The summed E-state index contributed by atoms with van der Waals surface area (Å²) in [5.74, 6) is 0.386. The van der Waals surface area contributed by atoms with E-state index in [1.54, 1.807) is 16.8 Å². The van der Waals surface area contributed by atoms with Gasteiger partial charge in [-0.3, -0.25) is 4.57 Å². The molecule has 3 aromatic rings. The molecule has 0 fully saturated rings. The van der Waals surface area contributed by atoms with Gasteiger partial charge in [0.25, 0.3) is 0 Å². The van der Waals surface area contributed by atoms with Crippen LogP contribution in [0.15, 0.2) is 54.9 Å². The van der Waals surface area contributed by atoms with Crippen molar-refractivity contribution in [3.63, 3.8) is 0 Å². The van der Waals surface area contributed by atoms with Crippen molar-refractivity contribution < 1.29 is 18.3 Å². The highest BCUT2D eigenvalue weighted by Crippen LogP contribution is 2.32. The quantitative estimate of drug-likeness (QED) is 0.720. The molecule has 1 aromatic heterocycles. The number of hydrogen-bond acceptors (Lipinski definition) is 2. The molecule has 2 aromatic carbocycles. The van der Waals surface area contributed by atoms with Gasteiger partial charge in [-0.05, 0) is 30.3 Å². The van der Waals surface area contributed by atoms with Crippen molar-refractivity contribution in [1.82, 2.24) is 9.55 Å². The Bertz CT molecular complexity index is 841. The van der Waals surface area contributed by atoms with Crippen molar-refractivity contribution in [2.45, 2.75) is 6.18 Å². The van der Waals surface area contributed by atoms with Crippen LogP contribution in [0.25, 0.3) is 17.1 Å². The van der Waals surface area contributed by atoms with Crippen molar-refractivity contribution in [1.29, 1.82) is 0 Å². The number of imidazole rings is 1. The van der Waals surface area contributed by atoms with Gasteiger partial charge in [-0.2, -0.15) is 13.2 Å². The first-order valence-corrected chi connectivity index (χ1v) is 6.94. The monoisotopic (exact) mass is 338 g/mol. The number of hydrogen-bond donors (Lipinski definition) is 1. The molecule has 1 heterocycles. The van der Waals surface area contributed by atoms with Crippen LogP contribution >= 0.6 is 11.6 Å². The lowest BCUT2D eigenvalue weighted by atomic mass is 10.1. The van der Waals surface area contributed by atoms with Gasteiger partial charge < -0.3 is 5.11 Å². The molecule has 3 rings (SSSR count). The van der Waals surface area contributed by atoms with Crippen molar-refractivity contribution >= 4 is 11.6 Å². The fraction of sp³-hybridized carbons (Fsp3) is 0.0625. The molecule has 0 aliphatic carbocycles. The van der Waals surface area contributed by atoms with Gasteiger partial charge in [0, 0.05) is 23.0 Å². The van der Waals surface area contributed by atoms with Crippen LogP contribution in [-0.2, 0) is 6.18 Å². The average Bonchev–Trinajstić information content (AvgIpc) is 2.98. The van der Waals surface area contributed by atoms with E-state index in [-0.39, 0.29) is 5.75 Å². The molecule has 0 aliphatic heterocycles. The van der Waals surface area contributed by atoms with E-state index in [1.165, 1.54) is 30.5 Å². The summed E-state index contributed by atoms with van der Waals surface area (Å²) in [4.78, 5) is 4.15. The first-order valence-electron chi connectivity index (χ1n) is 6.56. The fourth-order valence-corrected chi connectivity index (χ4v) is 2.38. The maximum absolute atomic E-state index is 12.6. The van der Waals surface area contributed by atoms with Gasteiger partial charge in [0.1, 0.15) is 11.6 Å². The number of benzene rings is 2. The van der Waals surface area contributed by atoms with Gasteiger partial charge in [0.05, 0.1) is 11.3 Å². The van der Waals surface area contributed by atoms with Gasteiger partial charge in [-0.1, -0.05) is 23.7 Å². The average molecular weight is 339 g/mol. The Morgan fingerprint density at radius 1 is 1.04 bits per heavy atom. The summed E-state index contributed by atoms with van der Waals surface area (Å²) in [6.45, 7) is 0. The second-order valence-electron chi connectivity index (χ2n) is 4.83. The SMILES string of the molecule is Oc1ccc(Cl)cc1-n1ccnc1-c1ccc(C(F)(F)F)cc1. The molecule has 7 heteroatoms. The lowest BCUT2D eigenvalue weighted by Gasteiger charge is -2.11. The summed E-state index contributed by atoms with van der Waals surface area (Å²) in [6, 6.07) is 9.18. The van der Waals surface area contributed by atoms with E-state index in [2.05, 4.69) is 4.98 Å². The summed E-state index contributed by atoms with van der Waals surface area (Å²) in [6.07, 6.45) is -1.30. The Hall–Kier alpha value is -2.47. The normalized spacial score (nSPS) is 11.7. The van der Waals surface area contributed by atoms with E-state index < -0.39 is 11.7 Å². The first-order chi connectivity index (χ1) is 10.9. The molecule has 23 heavy (non-hydrogen) atoms. The van der Waals surface area contributed by atoms with E-state index in [0.29, 0.717) is 22.1 Å². The number of phenolic OH excluding ortho intramolecular Hbond substituents is 1. The fourth-order valence-electron chi connectivity index (χ4n) is 2.21. The van der Waals surface area contributed by atoms with E-state index >= 15 is 0 Å². The molecule has 0 bridgehead atoms. The number of nitrogens with zero attached hydrogens (tertiary/aromatic N) is 2. The zero-order valence-electron chi connectivity index (χ0n) is 11.5. The minimum absolute atomic E-state index is 0.0134. The minimum Gasteiger partial charge on any atom is -0.506 e. The van der Waals surface area contributed by atoms with Crippen LogP contribution < -0.4 is 0 Å². The van der Waals surface area contributed by atoms with Crippen molar-refractivity contribution in [3.8, 4) is 22.8 Å². The molecule has 0 atom stereocenters. The number of rotatable bonds is 2. The van der Waals surface area contributed by atoms with Gasteiger partial charge in [-0.15, -0.1) is 0 Å². The van der Waals surface area contributed by atoms with E-state index in [9.17, 15) is 18.3 Å². The largest absolute Gasteiger partial charge is 0.506 e. The molecule has 0 saturated heterocycles. The number of phenols is 1. The van der Waals surface area contributed by atoms with Crippen molar-refractivity contribution in [2.75, 3.05) is 0 Å². The molecule has 0 radical (unpaired) electrons. The minimum atomic E-state index is -4.39. The summed E-state index contributed by atoms with van der Waals surface area (Å²) < 4.78 is 39.5. The molecule has 0 unspecified atom stereocenters. The van der Waals surface area contributed by atoms with Crippen LogP contribution in [0.4, 0.5) is 13.2 Å². The molecule has 0 amide bonds. The topological polar surface area (TPSA) is 38.0 Å². The van der Waals surface area contributed by atoms with Gasteiger partial charge in [0.15, 0.2) is 0 Å². The smallest absolute Gasteiger partial charge is 0.416 e. The van der Waals surface area contributed by atoms with Crippen molar-refractivity contribution in [2.24, 2.45) is 0 Å². The van der Waals surface area contributed by atoms with Crippen LogP contribution in [0.5, 0.6) is 5.75 Å². The second-order valence-corrected chi connectivity index (χ2v) is 5.27. The second kappa shape index (κ2) is 5.62. The van der Waals surface area contributed by atoms with Gasteiger partial charge >= 0.3 is 6.18 Å². The van der Waals surface area contributed by atoms with Crippen LogP contribution in [0.3, 0.4) is 0 Å². The van der Waals surface area contributed by atoms with Gasteiger partial charge in [0.2, 0.25) is 0 Å². The summed E-state index contributed by atoms with van der Waals surface area (Å²) in [7, 11) is 0. The summed E-state index contributed by atoms with van der Waals surface area (Å²) in [5.41, 5.74) is 0.150. The Balaban J connectivity index is 2.06. The Morgan fingerprint density at radius 2 is 1.74 bits per heavy atom. The van der Waals surface area contributed by atoms with Crippen LogP contribution in [0.1, 0.15) is 5.56 Å². The molecule has 0 spiro atoms. The number of alkyl halides is 3. The number of aromatic hydroxyl groups is 1. The van der Waals surface area contributed by atoms with E-state index in [4.69, 9.17) is 11.6 Å². The molecule has 0 saturated carbocycles. The summed E-state index contributed by atoms with van der Waals surface area (Å²) >= 11 is 5.93. The lowest BCUT2D eigenvalue weighted by molar-refractivity contribution is -0.137. The number of aromatic nitrogens is 2. The Labute approximate surface area is 134 Å². The maximum Gasteiger partial charge on any atom is 0.416 e. The van der Waals surface area contributed by atoms with Crippen LogP contribution in [0, 0.1) is 0 Å². The molecule has 118 valence electrons. The van der Waals surface area contributed by atoms with Crippen LogP contribution in [0.2, 0.25) is 5.02 Å². The zero-order chi connectivity index (χ0) is 16.6. The highest BCUT2D eigenvalue weighted by atomic mass is 35.5. The third kappa shape index (κ3) is 3.03. The van der Waals surface area contributed by atoms with E-state index in [1.807, 2.05) is 0 Å². The Morgan fingerprint density at radius 3 is 2.39 bits per heavy atom. The zero-order valence-corrected chi connectivity index (χ0v) is 12.3. The van der Waals surface area contributed by atoms with Gasteiger partial charge in [-0.25, -0.2) is 4.98 Å². The standard InChI is InChI=1S/C16H10ClF3N2O/c17-12-5-6-14(23)13(9-12)22-8-7-21-15(22)10-1-3-11(4-2-10)16(18,19)20/h1-9,23H. The predicted molar refractivity (Wildman–Crippen MR) is 80.7 cm³/mol. The lowest BCUT2D eigenvalue weighted by Crippen LogP contribution is -2.04. The van der Waals surface area contributed by atoms with E-state index in [0.717, 1.165) is 12.1 Å². The molecular formula is C16H10ClF3N2O. The molecule has 3 nitrogen and oxygen atoms in total.